The second kappa shape index (κ2) is 5.30. The Hall–Kier alpha value is -0.0900. The number of carbonyl (C=O) groups excluding carboxylic acids is 1. The zero-order chi connectivity index (χ0) is 10.7. The Morgan fingerprint density at radius 1 is 1.40 bits per heavy atom. The highest BCUT2D eigenvalue weighted by molar-refractivity contribution is 9.09. The van der Waals surface area contributed by atoms with E-state index in [4.69, 9.17) is 4.74 Å². The molecular formula is C11H18BrNO2. The van der Waals surface area contributed by atoms with Crippen LogP contribution in [0, 0.1) is 0 Å². The molecule has 0 aromatic heterocycles. The minimum absolute atomic E-state index is 0.284. The molecule has 2 atom stereocenters. The van der Waals surface area contributed by atoms with Crippen molar-refractivity contribution in [3.05, 3.63) is 0 Å². The van der Waals surface area contributed by atoms with Gasteiger partial charge in [-0.3, -0.25) is 4.79 Å². The summed E-state index contributed by atoms with van der Waals surface area (Å²) in [5, 5.41) is 0.764. The minimum Gasteiger partial charge on any atom is -0.374 e. The Kier molecular flexibility index (Phi) is 4.03. The highest BCUT2D eigenvalue weighted by Gasteiger charge is 2.36. The Morgan fingerprint density at radius 2 is 2.20 bits per heavy atom. The standard InChI is InChI=1S/C11H18BrNO2/c12-6-5-11(14)13-7-8-15-10-4-2-1-3-9(10)13/h9-10H,1-8H2. The smallest absolute Gasteiger partial charge is 0.223 e. The molecule has 0 N–H and O–H groups in total. The normalized spacial score (nSPS) is 31.1. The molecule has 86 valence electrons. The number of ether oxygens (including phenoxy) is 1. The highest BCUT2D eigenvalue weighted by Crippen LogP contribution is 2.28. The quantitative estimate of drug-likeness (QED) is 0.721. The molecular weight excluding hydrogens is 258 g/mol. The molecule has 1 aliphatic carbocycles. The summed E-state index contributed by atoms with van der Waals surface area (Å²) in [6, 6.07) is 0.360. The van der Waals surface area contributed by atoms with Gasteiger partial charge in [0.15, 0.2) is 0 Å². The van der Waals surface area contributed by atoms with Crippen molar-refractivity contribution in [1.29, 1.82) is 0 Å². The molecule has 0 aromatic carbocycles. The fourth-order valence-electron chi connectivity index (χ4n) is 2.63. The minimum atomic E-state index is 0.284. The molecule has 0 spiro atoms. The Morgan fingerprint density at radius 3 is 3.00 bits per heavy atom. The molecule has 3 nitrogen and oxygen atoms in total. The molecule has 2 aliphatic rings. The first-order valence-electron chi connectivity index (χ1n) is 5.80. The summed E-state index contributed by atoms with van der Waals surface area (Å²) in [6.07, 6.45) is 5.67. The zero-order valence-electron chi connectivity index (χ0n) is 8.95. The molecule has 1 saturated carbocycles. The van der Waals surface area contributed by atoms with Crippen LogP contribution < -0.4 is 0 Å². The molecule has 1 amide bonds. The summed E-state index contributed by atoms with van der Waals surface area (Å²) < 4.78 is 5.73. The maximum atomic E-state index is 11.9. The summed E-state index contributed by atoms with van der Waals surface area (Å²) in [5.41, 5.74) is 0. The fraction of sp³-hybridized carbons (Fsp3) is 0.909. The van der Waals surface area contributed by atoms with Crippen LogP contribution in [0.3, 0.4) is 0 Å². The third kappa shape index (κ3) is 2.53. The average molecular weight is 276 g/mol. The zero-order valence-corrected chi connectivity index (χ0v) is 10.5. The number of morpholine rings is 1. The van der Waals surface area contributed by atoms with E-state index in [0.29, 0.717) is 18.6 Å². The van der Waals surface area contributed by atoms with E-state index in [2.05, 4.69) is 20.8 Å². The van der Waals surface area contributed by atoms with Gasteiger partial charge >= 0.3 is 0 Å². The number of fused-ring (bicyclic) bond motifs is 1. The fourth-order valence-corrected chi connectivity index (χ4v) is 2.97. The van der Waals surface area contributed by atoms with Crippen LogP contribution in [-0.4, -0.2) is 41.4 Å². The maximum Gasteiger partial charge on any atom is 0.223 e. The third-order valence-corrected chi connectivity index (χ3v) is 3.76. The molecule has 1 heterocycles. The molecule has 1 aliphatic heterocycles. The Bertz CT molecular complexity index is 233. The summed E-state index contributed by atoms with van der Waals surface area (Å²) in [6.45, 7) is 1.50. The van der Waals surface area contributed by atoms with E-state index in [1.165, 1.54) is 12.8 Å². The summed E-state index contributed by atoms with van der Waals surface area (Å²) in [4.78, 5) is 13.9. The SMILES string of the molecule is O=C(CCBr)N1CCOC2CCCCC21. The summed E-state index contributed by atoms with van der Waals surface area (Å²) >= 11 is 3.33. The molecule has 15 heavy (non-hydrogen) atoms. The van der Waals surface area contributed by atoms with E-state index < -0.39 is 0 Å². The lowest BCUT2D eigenvalue weighted by Gasteiger charge is -2.43. The number of carbonyl (C=O) groups is 1. The monoisotopic (exact) mass is 275 g/mol. The maximum absolute atomic E-state index is 11.9. The molecule has 0 aromatic rings. The molecule has 2 unspecified atom stereocenters. The van der Waals surface area contributed by atoms with Crippen molar-refractivity contribution in [2.45, 2.75) is 44.2 Å². The van der Waals surface area contributed by atoms with Crippen molar-refractivity contribution in [3.8, 4) is 0 Å². The van der Waals surface area contributed by atoms with Gasteiger partial charge < -0.3 is 9.64 Å². The average Bonchev–Trinajstić information content (AvgIpc) is 2.28. The van der Waals surface area contributed by atoms with E-state index in [0.717, 1.165) is 31.3 Å². The van der Waals surface area contributed by atoms with E-state index in [-0.39, 0.29) is 5.91 Å². The number of hydrogen-bond donors (Lipinski definition) is 0. The van der Waals surface area contributed by atoms with Gasteiger partial charge in [-0.2, -0.15) is 0 Å². The van der Waals surface area contributed by atoms with Gasteiger partial charge in [-0.25, -0.2) is 0 Å². The second-order valence-electron chi connectivity index (χ2n) is 4.29. The first-order chi connectivity index (χ1) is 7.33. The molecule has 2 fully saturated rings. The first kappa shape index (κ1) is 11.4. The molecule has 1 saturated heterocycles. The predicted molar refractivity (Wildman–Crippen MR) is 62.1 cm³/mol. The molecule has 4 heteroatoms. The molecule has 2 rings (SSSR count). The van der Waals surface area contributed by atoms with Crippen molar-refractivity contribution in [2.24, 2.45) is 0 Å². The third-order valence-electron chi connectivity index (χ3n) is 3.36. The van der Waals surface area contributed by atoms with Gasteiger partial charge in [-0.1, -0.05) is 28.8 Å². The number of amides is 1. The topological polar surface area (TPSA) is 29.5 Å². The van der Waals surface area contributed by atoms with Crippen LogP contribution in [0.5, 0.6) is 0 Å². The van der Waals surface area contributed by atoms with E-state index >= 15 is 0 Å². The van der Waals surface area contributed by atoms with E-state index in [1.807, 2.05) is 0 Å². The van der Waals surface area contributed by atoms with Gasteiger partial charge in [0.1, 0.15) is 0 Å². The number of rotatable bonds is 2. The van der Waals surface area contributed by atoms with Gasteiger partial charge in [-0.05, 0) is 12.8 Å². The highest BCUT2D eigenvalue weighted by atomic mass is 79.9. The number of halogens is 1. The molecule has 0 bridgehead atoms. The van der Waals surface area contributed by atoms with Crippen LogP contribution in [-0.2, 0) is 9.53 Å². The number of nitrogens with zero attached hydrogens (tertiary/aromatic N) is 1. The number of alkyl halides is 1. The lowest BCUT2D eigenvalue weighted by Crippen LogP contribution is -2.54. The van der Waals surface area contributed by atoms with Gasteiger partial charge in [0.25, 0.3) is 0 Å². The summed E-state index contributed by atoms with van der Waals surface area (Å²) in [5.74, 6) is 0.284. The lowest BCUT2D eigenvalue weighted by atomic mass is 9.90. The summed E-state index contributed by atoms with van der Waals surface area (Å²) in [7, 11) is 0. The van der Waals surface area contributed by atoms with Crippen molar-refractivity contribution < 1.29 is 9.53 Å². The van der Waals surface area contributed by atoms with Crippen molar-refractivity contribution in [2.75, 3.05) is 18.5 Å². The van der Waals surface area contributed by atoms with Crippen LogP contribution >= 0.6 is 15.9 Å². The van der Waals surface area contributed by atoms with E-state index in [9.17, 15) is 4.79 Å². The van der Waals surface area contributed by atoms with Gasteiger partial charge in [0, 0.05) is 18.3 Å². The first-order valence-corrected chi connectivity index (χ1v) is 6.92. The second-order valence-corrected chi connectivity index (χ2v) is 5.08. The predicted octanol–water partition coefficient (Wildman–Crippen LogP) is 1.94. The van der Waals surface area contributed by atoms with Gasteiger partial charge in [-0.15, -0.1) is 0 Å². The van der Waals surface area contributed by atoms with Crippen LogP contribution in [0.1, 0.15) is 32.1 Å². The van der Waals surface area contributed by atoms with Gasteiger partial charge in [0.05, 0.1) is 18.8 Å². The van der Waals surface area contributed by atoms with Crippen molar-refractivity contribution >= 4 is 21.8 Å². The number of hydrogen-bond acceptors (Lipinski definition) is 2. The Balaban J connectivity index is 2.00. The lowest BCUT2D eigenvalue weighted by molar-refractivity contribution is -0.149. The van der Waals surface area contributed by atoms with Crippen LogP contribution in [0.2, 0.25) is 0 Å². The Labute approximate surface area is 99.3 Å². The van der Waals surface area contributed by atoms with Crippen molar-refractivity contribution in [3.63, 3.8) is 0 Å². The van der Waals surface area contributed by atoms with Gasteiger partial charge in [0.2, 0.25) is 5.91 Å². The van der Waals surface area contributed by atoms with Crippen LogP contribution in [0.4, 0.5) is 0 Å². The van der Waals surface area contributed by atoms with E-state index in [1.54, 1.807) is 0 Å². The van der Waals surface area contributed by atoms with Crippen LogP contribution in [0.15, 0.2) is 0 Å². The largest absolute Gasteiger partial charge is 0.374 e. The van der Waals surface area contributed by atoms with Crippen molar-refractivity contribution in [1.82, 2.24) is 4.90 Å². The van der Waals surface area contributed by atoms with Crippen LogP contribution in [0.25, 0.3) is 0 Å². The molecule has 0 radical (unpaired) electrons.